The molecule has 0 aromatic heterocycles. The van der Waals surface area contributed by atoms with Crippen LogP contribution in [-0.2, 0) is 0 Å². The number of aryl methyl sites for hydroxylation is 1. The Labute approximate surface area is 146 Å². The molecule has 1 aromatic carbocycles. The van der Waals surface area contributed by atoms with E-state index in [1.54, 1.807) is 19.0 Å². The molecule has 2 rings (SSSR count). The first-order valence-electron chi connectivity index (χ1n) is 8.93. The van der Waals surface area contributed by atoms with E-state index in [2.05, 4.69) is 25.2 Å². The summed E-state index contributed by atoms with van der Waals surface area (Å²) in [6.07, 6.45) is 3.15. The third kappa shape index (κ3) is 5.13. The smallest absolute Gasteiger partial charge is 0.319 e. The fourth-order valence-electron chi connectivity index (χ4n) is 2.99. The summed E-state index contributed by atoms with van der Waals surface area (Å²) in [5, 5.41) is 3.62. The molecule has 1 aromatic rings. The van der Waals surface area contributed by atoms with Gasteiger partial charge in [0.2, 0.25) is 0 Å². The van der Waals surface area contributed by atoms with Gasteiger partial charge in [0.05, 0.1) is 0 Å². The summed E-state index contributed by atoms with van der Waals surface area (Å²) in [5.41, 5.74) is 1.17. The van der Waals surface area contributed by atoms with Gasteiger partial charge in [0.25, 0.3) is 0 Å². The lowest BCUT2D eigenvalue weighted by molar-refractivity contribution is 0.145. The SMILES string of the molecule is CC[C@H](CNC1CCN(C(=O)N(C)C)CC1)Oc1ccccc1C. The molecule has 24 heavy (non-hydrogen) atoms. The maximum atomic E-state index is 12.0. The molecule has 1 heterocycles. The summed E-state index contributed by atoms with van der Waals surface area (Å²) in [6, 6.07) is 8.73. The second kappa shape index (κ2) is 8.92. The van der Waals surface area contributed by atoms with Crippen molar-refractivity contribution >= 4 is 6.03 Å². The number of benzene rings is 1. The summed E-state index contributed by atoms with van der Waals surface area (Å²) in [6.45, 7) is 6.72. The van der Waals surface area contributed by atoms with Crippen LogP contribution in [0, 0.1) is 6.92 Å². The molecule has 134 valence electrons. The number of likely N-dealkylation sites (tertiary alicyclic amines) is 1. The van der Waals surface area contributed by atoms with Gasteiger partial charge in [0, 0.05) is 39.8 Å². The van der Waals surface area contributed by atoms with Crippen LogP contribution in [0.15, 0.2) is 24.3 Å². The number of hydrogen-bond donors (Lipinski definition) is 1. The second-order valence-corrected chi connectivity index (χ2v) is 6.76. The Kier molecular flexibility index (Phi) is 6.91. The predicted molar refractivity (Wildman–Crippen MR) is 97.6 cm³/mol. The zero-order chi connectivity index (χ0) is 17.5. The Bertz CT molecular complexity index is 525. The first kappa shape index (κ1) is 18.6. The lowest BCUT2D eigenvalue weighted by Crippen LogP contribution is -2.49. The minimum atomic E-state index is 0.114. The largest absolute Gasteiger partial charge is 0.489 e. The van der Waals surface area contributed by atoms with Gasteiger partial charge >= 0.3 is 6.03 Å². The van der Waals surface area contributed by atoms with Crippen molar-refractivity contribution in [3.63, 3.8) is 0 Å². The molecule has 0 aliphatic carbocycles. The Morgan fingerprint density at radius 1 is 1.33 bits per heavy atom. The number of urea groups is 1. The van der Waals surface area contributed by atoms with Gasteiger partial charge in [-0.2, -0.15) is 0 Å². The van der Waals surface area contributed by atoms with Crippen molar-refractivity contribution in [1.29, 1.82) is 0 Å². The van der Waals surface area contributed by atoms with Crippen LogP contribution in [0.5, 0.6) is 5.75 Å². The van der Waals surface area contributed by atoms with Crippen LogP contribution in [0.2, 0.25) is 0 Å². The number of nitrogens with zero attached hydrogens (tertiary/aromatic N) is 2. The topological polar surface area (TPSA) is 44.8 Å². The van der Waals surface area contributed by atoms with E-state index in [4.69, 9.17) is 4.74 Å². The average molecular weight is 333 g/mol. The zero-order valence-electron chi connectivity index (χ0n) is 15.4. The molecule has 0 saturated carbocycles. The maximum Gasteiger partial charge on any atom is 0.319 e. The zero-order valence-corrected chi connectivity index (χ0v) is 15.4. The van der Waals surface area contributed by atoms with E-state index in [0.29, 0.717) is 6.04 Å². The van der Waals surface area contributed by atoms with Crippen molar-refractivity contribution in [2.45, 2.75) is 45.3 Å². The second-order valence-electron chi connectivity index (χ2n) is 6.76. The van der Waals surface area contributed by atoms with E-state index < -0.39 is 0 Å². The molecule has 5 nitrogen and oxygen atoms in total. The van der Waals surface area contributed by atoms with Gasteiger partial charge in [0.1, 0.15) is 11.9 Å². The number of carbonyl (C=O) groups excluding carboxylic acids is 1. The van der Waals surface area contributed by atoms with E-state index in [0.717, 1.165) is 44.6 Å². The highest BCUT2D eigenvalue weighted by Gasteiger charge is 2.24. The summed E-state index contributed by atoms with van der Waals surface area (Å²) >= 11 is 0. The molecule has 0 radical (unpaired) electrons. The number of amides is 2. The minimum absolute atomic E-state index is 0.114. The molecular weight excluding hydrogens is 302 g/mol. The maximum absolute atomic E-state index is 12.0. The van der Waals surface area contributed by atoms with E-state index >= 15 is 0 Å². The number of rotatable bonds is 6. The summed E-state index contributed by atoms with van der Waals surface area (Å²) in [5.74, 6) is 0.970. The van der Waals surface area contributed by atoms with Gasteiger partial charge in [-0.05, 0) is 37.8 Å². The molecule has 2 amide bonds. The third-order valence-corrected chi connectivity index (χ3v) is 4.62. The molecule has 1 saturated heterocycles. The molecule has 0 bridgehead atoms. The van der Waals surface area contributed by atoms with Gasteiger partial charge in [-0.25, -0.2) is 4.79 Å². The van der Waals surface area contributed by atoms with Crippen LogP contribution in [0.25, 0.3) is 0 Å². The standard InChI is InChI=1S/C19H31N3O2/c1-5-17(24-18-9-7-6-8-15(18)2)14-20-16-10-12-22(13-11-16)19(23)21(3)4/h6-9,16-17,20H,5,10-14H2,1-4H3/t17-/m1/s1. The molecule has 1 fully saturated rings. The number of hydrogen-bond acceptors (Lipinski definition) is 3. The van der Waals surface area contributed by atoms with Crippen LogP contribution < -0.4 is 10.1 Å². The van der Waals surface area contributed by atoms with E-state index in [9.17, 15) is 4.79 Å². The quantitative estimate of drug-likeness (QED) is 0.871. The van der Waals surface area contributed by atoms with Gasteiger partial charge in [-0.3, -0.25) is 0 Å². The Balaban J connectivity index is 1.76. The molecule has 1 atom stereocenters. The number of piperidine rings is 1. The number of nitrogens with one attached hydrogen (secondary N) is 1. The highest BCUT2D eigenvalue weighted by molar-refractivity contribution is 5.73. The van der Waals surface area contributed by atoms with Gasteiger partial charge < -0.3 is 19.9 Å². The highest BCUT2D eigenvalue weighted by atomic mass is 16.5. The molecule has 0 spiro atoms. The van der Waals surface area contributed by atoms with E-state index in [1.807, 2.05) is 23.1 Å². The lowest BCUT2D eigenvalue weighted by atomic mass is 10.0. The van der Waals surface area contributed by atoms with Gasteiger partial charge in [-0.1, -0.05) is 25.1 Å². The molecule has 1 N–H and O–H groups in total. The molecule has 1 aliphatic heterocycles. The predicted octanol–water partition coefficient (Wildman–Crippen LogP) is 2.89. The average Bonchev–Trinajstić information content (AvgIpc) is 2.60. The Hall–Kier alpha value is -1.75. The molecule has 1 aliphatic rings. The first-order chi connectivity index (χ1) is 11.5. The number of ether oxygens (including phenoxy) is 1. The van der Waals surface area contributed by atoms with Crippen LogP contribution in [0.1, 0.15) is 31.7 Å². The van der Waals surface area contributed by atoms with E-state index in [1.165, 1.54) is 5.56 Å². The van der Waals surface area contributed by atoms with Crippen LogP contribution in [-0.4, -0.2) is 61.7 Å². The molecule has 0 unspecified atom stereocenters. The van der Waals surface area contributed by atoms with Crippen LogP contribution in [0.3, 0.4) is 0 Å². The van der Waals surface area contributed by atoms with Gasteiger partial charge in [-0.15, -0.1) is 0 Å². The minimum Gasteiger partial charge on any atom is -0.489 e. The first-order valence-corrected chi connectivity index (χ1v) is 8.93. The Morgan fingerprint density at radius 2 is 2.00 bits per heavy atom. The van der Waals surface area contributed by atoms with E-state index in [-0.39, 0.29) is 12.1 Å². The van der Waals surface area contributed by atoms with Crippen molar-refractivity contribution in [2.75, 3.05) is 33.7 Å². The van der Waals surface area contributed by atoms with Crippen LogP contribution >= 0.6 is 0 Å². The van der Waals surface area contributed by atoms with Crippen molar-refractivity contribution < 1.29 is 9.53 Å². The van der Waals surface area contributed by atoms with Crippen molar-refractivity contribution in [3.8, 4) is 5.75 Å². The molecule has 5 heteroatoms. The Morgan fingerprint density at radius 3 is 2.58 bits per heavy atom. The molecular formula is C19H31N3O2. The highest BCUT2D eigenvalue weighted by Crippen LogP contribution is 2.19. The van der Waals surface area contributed by atoms with Crippen LogP contribution in [0.4, 0.5) is 4.79 Å². The summed E-state index contributed by atoms with van der Waals surface area (Å²) in [4.78, 5) is 15.5. The fraction of sp³-hybridized carbons (Fsp3) is 0.632. The fourth-order valence-corrected chi connectivity index (χ4v) is 2.99. The number of carbonyl (C=O) groups is 1. The normalized spacial score (nSPS) is 16.8. The summed E-state index contributed by atoms with van der Waals surface area (Å²) < 4.78 is 6.14. The number of para-hydroxylation sites is 1. The monoisotopic (exact) mass is 333 g/mol. The van der Waals surface area contributed by atoms with Crippen molar-refractivity contribution in [1.82, 2.24) is 15.1 Å². The third-order valence-electron chi connectivity index (χ3n) is 4.62. The van der Waals surface area contributed by atoms with Gasteiger partial charge in [0.15, 0.2) is 0 Å². The van der Waals surface area contributed by atoms with Crippen molar-refractivity contribution in [2.24, 2.45) is 0 Å². The summed E-state index contributed by atoms with van der Waals surface area (Å²) in [7, 11) is 3.61. The van der Waals surface area contributed by atoms with Crippen molar-refractivity contribution in [3.05, 3.63) is 29.8 Å². The lowest BCUT2D eigenvalue weighted by Gasteiger charge is -2.34.